The van der Waals surface area contributed by atoms with E-state index in [1.807, 2.05) is 0 Å². The Labute approximate surface area is 179 Å². The van der Waals surface area contributed by atoms with Crippen LogP contribution in [0, 0.1) is 17.5 Å². The summed E-state index contributed by atoms with van der Waals surface area (Å²) in [7, 11) is 0. The monoisotopic (exact) mass is 434 g/mol. The number of carboxylic acid groups (broad SMARTS) is 1. The number of benzene rings is 1. The fourth-order valence-corrected chi connectivity index (χ4v) is 2.87. The molecule has 0 aliphatic rings. The Morgan fingerprint density at radius 3 is 2.17 bits per heavy atom. The van der Waals surface area contributed by atoms with E-state index < -0.39 is 23.3 Å². The van der Waals surface area contributed by atoms with E-state index in [1.165, 1.54) is 0 Å². The number of carboxylic acids is 1. The van der Waals surface area contributed by atoms with Gasteiger partial charge >= 0.3 is 5.97 Å². The molecule has 0 aliphatic heterocycles. The van der Waals surface area contributed by atoms with Crippen molar-refractivity contribution in [3.63, 3.8) is 0 Å². The number of halogens is 2. The third-order valence-corrected chi connectivity index (χ3v) is 4.59. The molecule has 0 bridgehead atoms. The molecule has 29 heavy (non-hydrogen) atoms. The number of hydrogen-bond donors (Lipinski definition) is 3. The summed E-state index contributed by atoms with van der Waals surface area (Å²) in [5, 5.41) is 14.9. The second kappa shape index (κ2) is 9.17. The maximum atomic E-state index is 12.4. The van der Waals surface area contributed by atoms with Gasteiger partial charge in [-0.15, -0.1) is 0 Å². The maximum absolute atomic E-state index is 12.4. The maximum Gasteiger partial charge on any atom is 0.326 e. The summed E-state index contributed by atoms with van der Waals surface area (Å²) in [5.74, 6) is -2.02. The van der Waals surface area contributed by atoms with Gasteiger partial charge in [-0.25, -0.2) is 4.79 Å². The molecule has 0 heterocycles. The van der Waals surface area contributed by atoms with E-state index in [9.17, 15) is 19.5 Å². The van der Waals surface area contributed by atoms with E-state index in [1.54, 1.807) is 51.1 Å². The number of nitrogens with one attached hydrogen (secondary N) is 2. The van der Waals surface area contributed by atoms with Crippen LogP contribution in [0.5, 0.6) is 0 Å². The molecule has 3 N–H and O–H groups in total. The van der Waals surface area contributed by atoms with Crippen molar-refractivity contribution in [1.29, 1.82) is 0 Å². The highest BCUT2D eigenvalue weighted by atomic mass is 35.5. The van der Waals surface area contributed by atoms with Gasteiger partial charge in [0, 0.05) is 17.4 Å². The first-order valence-corrected chi connectivity index (χ1v) is 9.46. The molecule has 152 valence electrons. The molecule has 2 amide bonds. The van der Waals surface area contributed by atoms with Gasteiger partial charge in [0.05, 0.1) is 21.3 Å². The molecule has 1 atom stereocenters. The van der Waals surface area contributed by atoms with Crippen LogP contribution in [0.25, 0.3) is 0 Å². The number of aliphatic carboxylic acids is 1. The van der Waals surface area contributed by atoms with Gasteiger partial charge in [-0.2, -0.15) is 0 Å². The molecule has 0 fully saturated rings. The van der Waals surface area contributed by atoms with E-state index in [4.69, 9.17) is 23.2 Å². The van der Waals surface area contributed by atoms with Gasteiger partial charge in [-0.1, -0.05) is 56.1 Å². The van der Waals surface area contributed by atoms with E-state index >= 15 is 0 Å². The minimum Gasteiger partial charge on any atom is -0.480 e. The molecular weight excluding hydrogens is 415 g/mol. The standard InChI is InChI=1S/C21H20Cl2N2O4/c1-21(2,3)20(29)25-16(19(27)28)11-12-7-9-13(10-8-12)24-18(26)17-14(22)5-4-6-15(17)23/h4-7,9,16H,11H2,1-3H3,(H,24,26)(H,25,29)(H,27,28). The number of carbonyl (C=O) groups excluding carboxylic acids is 2. The van der Waals surface area contributed by atoms with E-state index in [0.29, 0.717) is 11.3 Å². The van der Waals surface area contributed by atoms with Crippen molar-refractivity contribution in [2.45, 2.75) is 33.2 Å². The number of carbonyl (C=O) groups is 3. The summed E-state index contributed by atoms with van der Waals surface area (Å²) >= 11 is 12.0. The van der Waals surface area contributed by atoms with Crippen LogP contribution in [-0.2, 0) is 16.0 Å². The molecule has 0 aromatic heterocycles. The van der Waals surface area contributed by atoms with E-state index in [-0.39, 0.29) is 27.9 Å². The predicted molar refractivity (Wildman–Crippen MR) is 111 cm³/mol. The largest absolute Gasteiger partial charge is 0.480 e. The third kappa shape index (κ3) is 6.11. The van der Waals surface area contributed by atoms with Crippen molar-refractivity contribution in [2.75, 3.05) is 5.32 Å². The number of hydrogen-bond acceptors (Lipinski definition) is 3. The molecule has 6 nitrogen and oxygen atoms in total. The summed E-state index contributed by atoms with van der Waals surface area (Å²) in [6.07, 6.45) is 0.0260. The zero-order valence-corrected chi connectivity index (χ0v) is 17.6. The quantitative estimate of drug-likeness (QED) is 0.639. The molecule has 0 aliphatic carbocycles. The van der Waals surface area contributed by atoms with Crippen molar-refractivity contribution < 1.29 is 19.5 Å². The average Bonchev–Trinajstić information content (AvgIpc) is 2.61. The lowest BCUT2D eigenvalue weighted by molar-refractivity contribution is -0.143. The fourth-order valence-electron chi connectivity index (χ4n) is 2.30. The molecule has 2 aromatic rings. The Morgan fingerprint density at radius 2 is 1.69 bits per heavy atom. The van der Waals surface area contributed by atoms with Crippen molar-refractivity contribution in [2.24, 2.45) is 5.41 Å². The lowest BCUT2D eigenvalue weighted by Crippen LogP contribution is -2.46. The van der Waals surface area contributed by atoms with Crippen LogP contribution in [0.4, 0.5) is 5.69 Å². The summed E-state index contributed by atoms with van der Waals surface area (Å²) in [5.41, 5.74) is 0.266. The van der Waals surface area contributed by atoms with Crippen LogP contribution < -0.4 is 10.6 Å². The highest BCUT2D eigenvalue weighted by Gasteiger charge is 2.27. The van der Waals surface area contributed by atoms with Crippen LogP contribution in [0.1, 0.15) is 36.7 Å². The number of rotatable bonds is 6. The second-order valence-electron chi connectivity index (χ2n) is 7.39. The summed E-state index contributed by atoms with van der Waals surface area (Å²) in [4.78, 5) is 35.9. The van der Waals surface area contributed by atoms with Crippen molar-refractivity contribution >= 4 is 46.7 Å². The zero-order chi connectivity index (χ0) is 21.8. The first kappa shape index (κ1) is 22.5. The van der Waals surface area contributed by atoms with Crippen molar-refractivity contribution in [3.8, 4) is 0 Å². The predicted octanol–water partition coefficient (Wildman–Crippen LogP) is 4.00. The second-order valence-corrected chi connectivity index (χ2v) is 8.21. The lowest BCUT2D eigenvalue weighted by atomic mass is 9.94. The Kier molecular flexibility index (Phi) is 7.12. The Hall–Kier alpha value is -2.75. The van der Waals surface area contributed by atoms with Crippen molar-refractivity contribution in [1.82, 2.24) is 5.32 Å². The third-order valence-electron chi connectivity index (χ3n) is 3.96. The Bertz CT molecular complexity index is 901. The van der Waals surface area contributed by atoms with Gasteiger partial charge in [0.25, 0.3) is 5.91 Å². The Balaban J connectivity index is 2.08. The van der Waals surface area contributed by atoms with Gasteiger partial charge in [-0.3, -0.25) is 9.59 Å². The smallest absolute Gasteiger partial charge is 0.326 e. The highest BCUT2D eigenvalue weighted by Crippen LogP contribution is 2.25. The number of anilines is 1. The van der Waals surface area contributed by atoms with Gasteiger partial charge in [0.15, 0.2) is 0 Å². The summed E-state index contributed by atoms with van der Waals surface area (Å²) in [6.45, 7) is 5.09. The number of amides is 2. The van der Waals surface area contributed by atoms with Crippen LogP contribution in [0.3, 0.4) is 0 Å². The van der Waals surface area contributed by atoms with Crippen LogP contribution in [0.2, 0.25) is 10.0 Å². The van der Waals surface area contributed by atoms with Gasteiger partial charge in [0.1, 0.15) is 6.04 Å². The molecule has 0 spiro atoms. The van der Waals surface area contributed by atoms with E-state index in [2.05, 4.69) is 22.8 Å². The Morgan fingerprint density at radius 1 is 1.07 bits per heavy atom. The lowest BCUT2D eigenvalue weighted by Gasteiger charge is -2.21. The molecular formula is C21H20Cl2N2O4. The summed E-state index contributed by atoms with van der Waals surface area (Å²) in [6, 6.07) is 12.3. The normalized spacial score (nSPS) is 11.9. The topological polar surface area (TPSA) is 95.5 Å². The molecule has 0 radical (unpaired) electrons. The van der Waals surface area contributed by atoms with Gasteiger partial charge in [-0.05, 0) is 30.3 Å². The van der Waals surface area contributed by atoms with Crippen molar-refractivity contribution in [3.05, 3.63) is 63.6 Å². The molecule has 0 saturated heterocycles. The van der Waals surface area contributed by atoms with Crippen LogP contribution >= 0.6 is 23.2 Å². The molecule has 1 unspecified atom stereocenters. The minimum atomic E-state index is -1.15. The van der Waals surface area contributed by atoms with E-state index in [0.717, 1.165) is 0 Å². The SMILES string of the molecule is CC(C)(C)C(=O)NC(Cc1c#cc(NC(=O)c2c(Cl)cccc2Cl)cc1)C(=O)O. The molecule has 2 aromatic carbocycles. The minimum absolute atomic E-state index is 0.0260. The first-order chi connectivity index (χ1) is 13.5. The molecule has 8 heteroatoms. The zero-order valence-electron chi connectivity index (χ0n) is 16.1. The highest BCUT2D eigenvalue weighted by molar-refractivity contribution is 6.40. The average molecular weight is 435 g/mol. The van der Waals surface area contributed by atoms with Crippen LogP contribution in [-0.4, -0.2) is 28.9 Å². The van der Waals surface area contributed by atoms with Crippen LogP contribution in [0.15, 0.2) is 30.3 Å². The van der Waals surface area contributed by atoms with Gasteiger partial charge in [0.2, 0.25) is 5.91 Å². The molecule has 2 rings (SSSR count). The first-order valence-electron chi connectivity index (χ1n) is 8.71. The fraction of sp³-hybridized carbons (Fsp3) is 0.286. The summed E-state index contributed by atoms with van der Waals surface area (Å²) < 4.78 is 0. The van der Waals surface area contributed by atoms with Gasteiger partial charge < -0.3 is 15.7 Å². The molecule has 0 saturated carbocycles.